The first-order chi connectivity index (χ1) is 6.24. The molecule has 1 atom stereocenters. The molecular weight excluding hydrogens is 160 g/mol. The largest absolute Gasteiger partial charge is 0.314 e. The van der Waals surface area contributed by atoms with Crippen molar-refractivity contribution in [1.82, 2.24) is 10.2 Å². The van der Waals surface area contributed by atoms with Gasteiger partial charge in [0.2, 0.25) is 0 Å². The molecule has 13 heavy (non-hydrogen) atoms. The van der Waals surface area contributed by atoms with E-state index in [-0.39, 0.29) is 0 Å². The van der Waals surface area contributed by atoms with Crippen LogP contribution in [-0.4, -0.2) is 36.6 Å². The molecule has 1 saturated heterocycles. The van der Waals surface area contributed by atoms with E-state index in [1.807, 2.05) is 0 Å². The Bertz CT molecular complexity index is 134. The number of nitrogens with one attached hydrogen (secondary N) is 1. The van der Waals surface area contributed by atoms with Crippen LogP contribution in [0.15, 0.2) is 0 Å². The predicted octanol–water partition coefficient (Wildman–Crippen LogP) is 1.86. The second-order valence-corrected chi connectivity index (χ2v) is 4.32. The first-order valence-corrected chi connectivity index (χ1v) is 5.71. The van der Waals surface area contributed by atoms with Crippen LogP contribution in [0.3, 0.4) is 0 Å². The van der Waals surface area contributed by atoms with E-state index in [1.165, 1.54) is 32.4 Å². The molecule has 0 amide bonds. The summed E-state index contributed by atoms with van der Waals surface area (Å²) >= 11 is 0. The van der Waals surface area contributed by atoms with Gasteiger partial charge in [0, 0.05) is 12.1 Å². The van der Waals surface area contributed by atoms with Crippen LogP contribution < -0.4 is 5.32 Å². The smallest absolute Gasteiger partial charge is 0.00795 e. The molecule has 0 aromatic carbocycles. The lowest BCUT2D eigenvalue weighted by molar-refractivity contribution is 0.229. The molecule has 1 aliphatic rings. The monoisotopic (exact) mass is 184 g/mol. The van der Waals surface area contributed by atoms with Gasteiger partial charge >= 0.3 is 0 Å². The maximum Gasteiger partial charge on any atom is 0.00795 e. The highest BCUT2D eigenvalue weighted by Crippen LogP contribution is 2.12. The first-order valence-electron chi connectivity index (χ1n) is 5.71. The first kappa shape index (κ1) is 11.0. The maximum absolute atomic E-state index is 3.56. The molecular formula is C11H24N2. The van der Waals surface area contributed by atoms with Crippen LogP contribution in [-0.2, 0) is 0 Å². The quantitative estimate of drug-likeness (QED) is 0.720. The number of nitrogens with zero attached hydrogens (tertiary/aromatic N) is 1. The standard InChI is InChI=1S/C11H24N2/c1-4-12-11-6-5-8-13(9-7-11)10(2)3/h10-12H,4-9H2,1-3H3. The zero-order valence-electron chi connectivity index (χ0n) is 9.34. The molecule has 1 rings (SSSR count). The van der Waals surface area contributed by atoms with Gasteiger partial charge in [0.1, 0.15) is 0 Å². The number of hydrogen-bond donors (Lipinski definition) is 1. The minimum Gasteiger partial charge on any atom is -0.314 e. The van der Waals surface area contributed by atoms with Gasteiger partial charge in [-0.3, -0.25) is 0 Å². The van der Waals surface area contributed by atoms with Crippen molar-refractivity contribution in [3.05, 3.63) is 0 Å². The van der Waals surface area contributed by atoms with Gasteiger partial charge in [0.15, 0.2) is 0 Å². The summed E-state index contributed by atoms with van der Waals surface area (Å²) in [5.41, 5.74) is 0. The Morgan fingerprint density at radius 2 is 2.08 bits per heavy atom. The van der Waals surface area contributed by atoms with Crippen LogP contribution in [0.1, 0.15) is 40.0 Å². The molecule has 0 spiro atoms. The van der Waals surface area contributed by atoms with Crippen LogP contribution in [0.25, 0.3) is 0 Å². The zero-order valence-corrected chi connectivity index (χ0v) is 9.34. The van der Waals surface area contributed by atoms with Gasteiger partial charge in [-0.2, -0.15) is 0 Å². The van der Waals surface area contributed by atoms with Gasteiger partial charge in [-0.25, -0.2) is 0 Å². The third-order valence-electron chi connectivity index (χ3n) is 2.99. The van der Waals surface area contributed by atoms with E-state index in [0.29, 0.717) is 0 Å². The summed E-state index contributed by atoms with van der Waals surface area (Å²) in [6, 6.07) is 1.49. The molecule has 2 heteroatoms. The zero-order chi connectivity index (χ0) is 9.68. The van der Waals surface area contributed by atoms with Crippen molar-refractivity contribution in [3.8, 4) is 0 Å². The van der Waals surface area contributed by atoms with Gasteiger partial charge in [-0.15, -0.1) is 0 Å². The second kappa shape index (κ2) is 5.61. The lowest BCUT2D eigenvalue weighted by Crippen LogP contribution is -2.33. The van der Waals surface area contributed by atoms with E-state index in [0.717, 1.165) is 18.6 Å². The average Bonchev–Trinajstić information content (AvgIpc) is 2.30. The second-order valence-electron chi connectivity index (χ2n) is 4.32. The molecule has 0 bridgehead atoms. The van der Waals surface area contributed by atoms with Crippen molar-refractivity contribution < 1.29 is 0 Å². The summed E-state index contributed by atoms with van der Waals surface area (Å²) in [7, 11) is 0. The van der Waals surface area contributed by atoms with Gasteiger partial charge in [-0.05, 0) is 52.7 Å². The van der Waals surface area contributed by atoms with Crippen molar-refractivity contribution in [3.63, 3.8) is 0 Å². The van der Waals surface area contributed by atoms with E-state index < -0.39 is 0 Å². The molecule has 0 aromatic heterocycles. The van der Waals surface area contributed by atoms with Crippen molar-refractivity contribution in [2.45, 2.75) is 52.1 Å². The summed E-state index contributed by atoms with van der Waals surface area (Å²) in [5.74, 6) is 0. The van der Waals surface area contributed by atoms with Crippen molar-refractivity contribution in [1.29, 1.82) is 0 Å². The number of likely N-dealkylation sites (tertiary alicyclic amines) is 1. The molecule has 1 unspecified atom stereocenters. The summed E-state index contributed by atoms with van der Waals surface area (Å²) < 4.78 is 0. The lowest BCUT2D eigenvalue weighted by Gasteiger charge is -2.24. The van der Waals surface area contributed by atoms with Crippen LogP contribution >= 0.6 is 0 Å². The molecule has 0 radical (unpaired) electrons. The maximum atomic E-state index is 3.56. The normalized spacial score (nSPS) is 26.3. The number of rotatable bonds is 3. The molecule has 1 fully saturated rings. The molecule has 1 heterocycles. The Balaban J connectivity index is 2.30. The van der Waals surface area contributed by atoms with Gasteiger partial charge in [0.05, 0.1) is 0 Å². The van der Waals surface area contributed by atoms with E-state index in [1.54, 1.807) is 0 Å². The molecule has 1 aliphatic heterocycles. The minimum absolute atomic E-state index is 0.723. The molecule has 78 valence electrons. The SMILES string of the molecule is CCNC1CCCN(C(C)C)CC1. The van der Waals surface area contributed by atoms with Crippen LogP contribution in [0.4, 0.5) is 0 Å². The van der Waals surface area contributed by atoms with Crippen molar-refractivity contribution in [2.75, 3.05) is 19.6 Å². The third-order valence-corrected chi connectivity index (χ3v) is 2.99. The fourth-order valence-electron chi connectivity index (χ4n) is 2.13. The fourth-order valence-corrected chi connectivity index (χ4v) is 2.13. The highest BCUT2D eigenvalue weighted by molar-refractivity contribution is 4.75. The summed E-state index contributed by atoms with van der Waals surface area (Å²) in [6.07, 6.45) is 4.04. The molecule has 1 N–H and O–H groups in total. The van der Waals surface area contributed by atoms with Gasteiger partial charge < -0.3 is 10.2 Å². The highest BCUT2D eigenvalue weighted by atomic mass is 15.1. The van der Waals surface area contributed by atoms with Crippen LogP contribution in [0.2, 0.25) is 0 Å². The summed E-state index contributed by atoms with van der Waals surface area (Å²) in [5, 5.41) is 3.56. The third kappa shape index (κ3) is 3.65. The number of hydrogen-bond acceptors (Lipinski definition) is 2. The molecule has 0 aromatic rings. The van der Waals surface area contributed by atoms with E-state index >= 15 is 0 Å². The Hall–Kier alpha value is -0.0800. The summed E-state index contributed by atoms with van der Waals surface area (Å²) in [4.78, 5) is 2.59. The van der Waals surface area contributed by atoms with Crippen LogP contribution in [0, 0.1) is 0 Å². The predicted molar refractivity (Wildman–Crippen MR) is 58.0 cm³/mol. The highest BCUT2D eigenvalue weighted by Gasteiger charge is 2.17. The van der Waals surface area contributed by atoms with E-state index in [9.17, 15) is 0 Å². The molecule has 0 aliphatic carbocycles. The topological polar surface area (TPSA) is 15.3 Å². The molecule has 0 saturated carbocycles. The lowest BCUT2D eigenvalue weighted by atomic mass is 10.1. The van der Waals surface area contributed by atoms with E-state index in [4.69, 9.17) is 0 Å². The van der Waals surface area contributed by atoms with Crippen LogP contribution in [0.5, 0.6) is 0 Å². The van der Waals surface area contributed by atoms with Gasteiger partial charge in [0.25, 0.3) is 0 Å². The fraction of sp³-hybridized carbons (Fsp3) is 1.00. The minimum atomic E-state index is 0.723. The Labute approximate surface area is 82.7 Å². The Morgan fingerprint density at radius 1 is 1.31 bits per heavy atom. The van der Waals surface area contributed by atoms with Gasteiger partial charge in [-0.1, -0.05) is 6.92 Å². The van der Waals surface area contributed by atoms with E-state index in [2.05, 4.69) is 31.0 Å². The van der Waals surface area contributed by atoms with Crippen molar-refractivity contribution in [2.24, 2.45) is 0 Å². The Morgan fingerprint density at radius 3 is 2.69 bits per heavy atom. The average molecular weight is 184 g/mol. The Kier molecular flexibility index (Phi) is 4.74. The summed E-state index contributed by atoms with van der Waals surface area (Å²) in [6.45, 7) is 10.5. The molecule has 2 nitrogen and oxygen atoms in total. The van der Waals surface area contributed by atoms with Crippen molar-refractivity contribution >= 4 is 0 Å².